The first kappa shape index (κ1) is 11.6. The fourth-order valence-corrected chi connectivity index (χ4v) is 2.00. The van der Waals surface area contributed by atoms with Crippen molar-refractivity contribution in [3.63, 3.8) is 0 Å². The van der Waals surface area contributed by atoms with Gasteiger partial charge in [0.05, 0.1) is 11.9 Å². The number of aromatic nitrogens is 4. The Hall–Kier alpha value is -2.49. The fraction of sp³-hybridized carbons (Fsp3) is 0.133. The Bertz CT molecular complexity index is 698. The van der Waals surface area contributed by atoms with E-state index in [-0.39, 0.29) is 0 Å². The van der Waals surface area contributed by atoms with Gasteiger partial charge in [-0.15, -0.1) is 5.10 Å². The summed E-state index contributed by atoms with van der Waals surface area (Å²) in [6.45, 7) is 4.01. The lowest BCUT2D eigenvalue weighted by molar-refractivity contribution is 0.806. The molecule has 3 rings (SSSR count). The van der Waals surface area contributed by atoms with E-state index < -0.39 is 0 Å². The van der Waals surface area contributed by atoms with Crippen LogP contribution in [0.3, 0.4) is 0 Å². The topological polar surface area (TPSA) is 43.6 Å². The average Bonchev–Trinajstić information content (AvgIpc) is 2.89. The quantitative estimate of drug-likeness (QED) is 0.702. The molecule has 0 N–H and O–H groups in total. The third kappa shape index (κ3) is 2.25. The summed E-state index contributed by atoms with van der Waals surface area (Å²) in [5.41, 5.74) is 4.40. The summed E-state index contributed by atoms with van der Waals surface area (Å²) in [5.74, 6) is 0.727. The van der Waals surface area contributed by atoms with E-state index in [2.05, 4.69) is 34.4 Å². The zero-order valence-electron chi connectivity index (χ0n) is 10.9. The molecule has 0 fully saturated rings. The first-order valence-corrected chi connectivity index (χ1v) is 6.15. The van der Waals surface area contributed by atoms with Crippen LogP contribution in [0, 0.1) is 13.8 Å². The molecule has 2 aromatic heterocycles. The Morgan fingerprint density at radius 2 is 1.79 bits per heavy atom. The molecule has 0 saturated carbocycles. The molecule has 0 spiro atoms. The molecular weight excluding hydrogens is 236 g/mol. The zero-order valence-corrected chi connectivity index (χ0v) is 10.9. The Labute approximate surface area is 111 Å². The SMILES string of the molecule is Cc1ccc(-n2cc(-c3ccccc3C)cn2)nn1. The number of hydrogen-bond donors (Lipinski definition) is 0. The first-order chi connectivity index (χ1) is 9.24. The van der Waals surface area contributed by atoms with Crippen LogP contribution in [0.1, 0.15) is 11.3 Å². The Morgan fingerprint density at radius 1 is 0.947 bits per heavy atom. The van der Waals surface area contributed by atoms with Crippen molar-refractivity contribution in [1.29, 1.82) is 0 Å². The first-order valence-electron chi connectivity index (χ1n) is 6.15. The maximum atomic E-state index is 4.35. The van der Waals surface area contributed by atoms with Gasteiger partial charge in [0, 0.05) is 11.8 Å². The molecule has 0 aliphatic heterocycles. The smallest absolute Gasteiger partial charge is 0.175 e. The van der Waals surface area contributed by atoms with Crippen molar-refractivity contribution < 1.29 is 0 Å². The third-order valence-electron chi connectivity index (χ3n) is 3.06. The summed E-state index contributed by atoms with van der Waals surface area (Å²) >= 11 is 0. The van der Waals surface area contributed by atoms with Crippen molar-refractivity contribution in [3.8, 4) is 16.9 Å². The molecule has 1 aromatic carbocycles. The van der Waals surface area contributed by atoms with E-state index in [4.69, 9.17) is 0 Å². The van der Waals surface area contributed by atoms with Crippen molar-refractivity contribution in [2.45, 2.75) is 13.8 Å². The van der Waals surface area contributed by atoms with Gasteiger partial charge in [-0.1, -0.05) is 24.3 Å². The summed E-state index contributed by atoms with van der Waals surface area (Å²) in [4.78, 5) is 0. The van der Waals surface area contributed by atoms with E-state index in [1.165, 1.54) is 11.1 Å². The third-order valence-corrected chi connectivity index (χ3v) is 3.06. The number of aryl methyl sites for hydroxylation is 2. The van der Waals surface area contributed by atoms with Crippen molar-refractivity contribution in [2.24, 2.45) is 0 Å². The molecule has 19 heavy (non-hydrogen) atoms. The second-order valence-electron chi connectivity index (χ2n) is 4.52. The molecule has 4 heteroatoms. The molecule has 4 nitrogen and oxygen atoms in total. The minimum Gasteiger partial charge on any atom is -0.220 e. The molecule has 0 radical (unpaired) electrons. The minimum absolute atomic E-state index is 0.727. The molecule has 94 valence electrons. The highest BCUT2D eigenvalue weighted by Crippen LogP contribution is 2.22. The molecule has 0 saturated heterocycles. The lowest BCUT2D eigenvalue weighted by Gasteiger charge is -2.01. The van der Waals surface area contributed by atoms with Crippen LogP contribution in [0.2, 0.25) is 0 Å². The number of nitrogens with zero attached hydrogens (tertiary/aromatic N) is 4. The summed E-state index contributed by atoms with van der Waals surface area (Å²) in [7, 11) is 0. The second kappa shape index (κ2) is 4.65. The Balaban J connectivity index is 2.00. The molecular formula is C15H14N4. The zero-order chi connectivity index (χ0) is 13.2. The number of hydrogen-bond acceptors (Lipinski definition) is 3. The van der Waals surface area contributed by atoms with Crippen LogP contribution in [-0.2, 0) is 0 Å². The van der Waals surface area contributed by atoms with Gasteiger partial charge >= 0.3 is 0 Å². The van der Waals surface area contributed by atoms with Crippen molar-refractivity contribution in [1.82, 2.24) is 20.0 Å². The molecule has 2 heterocycles. The number of rotatable bonds is 2. The molecule has 0 bridgehead atoms. The van der Waals surface area contributed by atoms with Crippen LogP contribution in [0.15, 0.2) is 48.8 Å². The monoisotopic (exact) mass is 250 g/mol. The van der Waals surface area contributed by atoms with Crippen molar-refractivity contribution in [3.05, 3.63) is 60.0 Å². The summed E-state index contributed by atoms with van der Waals surface area (Å²) in [6.07, 6.45) is 3.82. The highest BCUT2D eigenvalue weighted by molar-refractivity contribution is 5.65. The van der Waals surface area contributed by atoms with E-state index >= 15 is 0 Å². The van der Waals surface area contributed by atoms with Gasteiger partial charge in [0.25, 0.3) is 0 Å². The van der Waals surface area contributed by atoms with Gasteiger partial charge in [0.1, 0.15) is 0 Å². The van der Waals surface area contributed by atoms with E-state index in [9.17, 15) is 0 Å². The maximum absolute atomic E-state index is 4.35. The summed E-state index contributed by atoms with van der Waals surface area (Å²) < 4.78 is 1.74. The molecule has 0 aliphatic carbocycles. The Morgan fingerprint density at radius 3 is 2.53 bits per heavy atom. The average molecular weight is 250 g/mol. The van der Waals surface area contributed by atoms with Gasteiger partial charge in [0.15, 0.2) is 5.82 Å². The standard InChI is InChI=1S/C15H14N4/c1-11-5-3-4-6-14(11)13-9-16-19(10-13)15-8-7-12(2)17-18-15/h3-10H,1-2H3. The van der Waals surface area contributed by atoms with Crippen LogP contribution in [0.5, 0.6) is 0 Å². The normalized spacial score (nSPS) is 10.6. The summed E-state index contributed by atoms with van der Waals surface area (Å²) in [6, 6.07) is 12.1. The van der Waals surface area contributed by atoms with E-state index in [1.807, 2.05) is 43.6 Å². The number of benzene rings is 1. The highest BCUT2D eigenvalue weighted by Gasteiger charge is 2.06. The Kier molecular flexibility index (Phi) is 2.83. The molecule has 0 amide bonds. The predicted octanol–water partition coefficient (Wildman–Crippen LogP) is 2.95. The highest BCUT2D eigenvalue weighted by atomic mass is 15.3. The second-order valence-corrected chi connectivity index (χ2v) is 4.52. The maximum Gasteiger partial charge on any atom is 0.175 e. The molecule has 3 aromatic rings. The van der Waals surface area contributed by atoms with E-state index in [0.717, 1.165) is 17.1 Å². The van der Waals surface area contributed by atoms with Crippen LogP contribution >= 0.6 is 0 Å². The molecule has 0 atom stereocenters. The van der Waals surface area contributed by atoms with Crippen molar-refractivity contribution >= 4 is 0 Å². The summed E-state index contributed by atoms with van der Waals surface area (Å²) in [5, 5.41) is 12.5. The predicted molar refractivity (Wildman–Crippen MR) is 74.1 cm³/mol. The van der Waals surface area contributed by atoms with Gasteiger partial charge < -0.3 is 0 Å². The van der Waals surface area contributed by atoms with Crippen molar-refractivity contribution in [2.75, 3.05) is 0 Å². The van der Waals surface area contributed by atoms with Gasteiger partial charge in [-0.3, -0.25) is 0 Å². The van der Waals surface area contributed by atoms with Crippen LogP contribution < -0.4 is 0 Å². The lowest BCUT2D eigenvalue weighted by atomic mass is 10.0. The minimum atomic E-state index is 0.727. The van der Waals surface area contributed by atoms with Gasteiger partial charge in [0.2, 0.25) is 0 Å². The largest absolute Gasteiger partial charge is 0.220 e. The van der Waals surface area contributed by atoms with Gasteiger partial charge in [-0.2, -0.15) is 10.2 Å². The molecule has 0 unspecified atom stereocenters. The van der Waals surface area contributed by atoms with Gasteiger partial charge in [-0.05, 0) is 37.1 Å². The fourth-order valence-electron chi connectivity index (χ4n) is 2.00. The van der Waals surface area contributed by atoms with Crippen LogP contribution in [-0.4, -0.2) is 20.0 Å². The van der Waals surface area contributed by atoms with Crippen LogP contribution in [0.4, 0.5) is 0 Å². The lowest BCUT2D eigenvalue weighted by Crippen LogP contribution is -1.99. The van der Waals surface area contributed by atoms with E-state index in [0.29, 0.717) is 0 Å². The van der Waals surface area contributed by atoms with Gasteiger partial charge in [-0.25, -0.2) is 4.68 Å². The molecule has 0 aliphatic rings. The van der Waals surface area contributed by atoms with E-state index in [1.54, 1.807) is 4.68 Å². The van der Waals surface area contributed by atoms with Crippen LogP contribution in [0.25, 0.3) is 16.9 Å².